The van der Waals surface area contributed by atoms with E-state index in [4.69, 9.17) is 26.8 Å². The molecule has 3 aromatic carbocycles. The largest absolute Gasteiger partial charge is 0.490 e. The van der Waals surface area contributed by atoms with Crippen LogP contribution in [0.4, 0.5) is 0 Å². The Morgan fingerprint density at radius 3 is 2.49 bits per heavy atom. The van der Waals surface area contributed by atoms with Crippen molar-refractivity contribution >= 4 is 45.1 Å². The van der Waals surface area contributed by atoms with E-state index in [1.54, 1.807) is 87.2 Å². The quantitative estimate of drug-likeness (QED) is 0.161. The van der Waals surface area contributed by atoms with Crippen molar-refractivity contribution in [3.05, 3.63) is 122 Å². The number of carbonyl (C=O) groups excluding carboxylic acids is 3. The Hall–Kier alpha value is -5.14. The summed E-state index contributed by atoms with van der Waals surface area (Å²) in [7, 11) is 0. The van der Waals surface area contributed by atoms with Crippen molar-refractivity contribution in [2.75, 3.05) is 13.2 Å². The number of Topliss-reactive ketones (excluding diaryl/α,β-unsaturated/α-hetero) is 1. The number of amides is 2. The molecule has 0 unspecified atom stereocenters. The van der Waals surface area contributed by atoms with Crippen LogP contribution in [0, 0.1) is 0 Å². The van der Waals surface area contributed by atoms with Crippen LogP contribution in [-0.2, 0) is 17.9 Å². The molecule has 1 aliphatic carbocycles. The van der Waals surface area contributed by atoms with Crippen LogP contribution in [0.1, 0.15) is 64.2 Å². The maximum Gasteiger partial charge on any atom is 0.333 e. The first-order valence-corrected chi connectivity index (χ1v) is 17.7. The normalized spacial score (nSPS) is 14.5. The van der Waals surface area contributed by atoms with E-state index in [2.05, 4.69) is 21.0 Å². The van der Waals surface area contributed by atoms with E-state index in [1.807, 2.05) is 13.0 Å². The smallest absolute Gasteiger partial charge is 0.333 e. The number of hydrogen-bond donors (Lipinski definition) is 1. The first-order chi connectivity index (χ1) is 24.6. The number of halogens is 2. The predicted molar refractivity (Wildman–Crippen MR) is 193 cm³/mol. The van der Waals surface area contributed by atoms with Crippen LogP contribution >= 0.6 is 27.5 Å². The fraction of sp³-hybridized carbons (Fsp3) is 0.270. The summed E-state index contributed by atoms with van der Waals surface area (Å²) in [6.07, 6.45) is 5.67. The van der Waals surface area contributed by atoms with E-state index in [0.29, 0.717) is 43.6 Å². The van der Waals surface area contributed by atoms with Gasteiger partial charge in [0.2, 0.25) is 0 Å². The maximum absolute atomic E-state index is 14.6. The second-order valence-corrected chi connectivity index (χ2v) is 13.9. The van der Waals surface area contributed by atoms with Gasteiger partial charge in [-0.25, -0.2) is 9.48 Å². The van der Waals surface area contributed by atoms with E-state index in [1.165, 1.54) is 4.57 Å². The van der Waals surface area contributed by atoms with Crippen LogP contribution in [0.2, 0.25) is 5.02 Å². The summed E-state index contributed by atoms with van der Waals surface area (Å²) >= 11 is 9.68. The summed E-state index contributed by atoms with van der Waals surface area (Å²) in [5.41, 5.74) is 7.98. The van der Waals surface area contributed by atoms with E-state index < -0.39 is 5.91 Å². The van der Waals surface area contributed by atoms with Crippen LogP contribution in [0.3, 0.4) is 0 Å². The minimum absolute atomic E-state index is 0.0331. The lowest BCUT2D eigenvalue weighted by Gasteiger charge is -2.28. The molecule has 12 nitrogen and oxygen atoms in total. The van der Waals surface area contributed by atoms with Crippen LogP contribution in [-0.4, -0.2) is 60.7 Å². The minimum atomic E-state index is -0.605. The Balaban J connectivity index is 1.25. The van der Waals surface area contributed by atoms with Gasteiger partial charge < -0.3 is 20.1 Å². The van der Waals surface area contributed by atoms with E-state index in [0.717, 1.165) is 18.4 Å². The second-order valence-electron chi connectivity index (χ2n) is 12.7. The van der Waals surface area contributed by atoms with Gasteiger partial charge in [-0.1, -0.05) is 24.6 Å². The number of hydrogen-bond acceptors (Lipinski definition) is 7. The monoisotopic (exact) mass is 772 g/mol. The summed E-state index contributed by atoms with van der Waals surface area (Å²) in [6, 6.07) is 19.2. The number of carbonyl (C=O) groups is 3. The summed E-state index contributed by atoms with van der Waals surface area (Å²) < 4.78 is 16.8. The number of aromatic nitrogens is 4. The Kier molecular flexibility index (Phi) is 9.58. The highest BCUT2D eigenvalue weighted by molar-refractivity contribution is 9.10. The molecule has 3 heterocycles. The number of rotatable bonds is 12. The molecule has 2 aromatic heterocycles. The third kappa shape index (κ3) is 7.22. The first-order valence-electron chi connectivity index (χ1n) is 16.5. The van der Waals surface area contributed by atoms with Gasteiger partial charge in [0, 0.05) is 48.0 Å². The molecule has 2 N–H and O–H groups in total. The van der Waals surface area contributed by atoms with Crippen molar-refractivity contribution in [2.24, 2.45) is 5.73 Å². The van der Waals surface area contributed by atoms with Crippen LogP contribution in [0.15, 0.2) is 88.4 Å². The van der Waals surface area contributed by atoms with Gasteiger partial charge in [0.15, 0.2) is 12.4 Å². The highest BCUT2D eigenvalue weighted by Crippen LogP contribution is 2.33. The lowest BCUT2D eigenvalue weighted by atomic mass is 9.92. The molecule has 1 saturated carbocycles. The zero-order chi connectivity index (χ0) is 35.8. The van der Waals surface area contributed by atoms with Crippen LogP contribution in [0.5, 0.6) is 11.5 Å². The lowest BCUT2D eigenvalue weighted by molar-refractivity contribution is -0.119. The fourth-order valence-electron chi connectivity index (χ4n) is 6.30. The van der Waals surface area contributed by atoms with Gasteiger partial charge in [-0.15, -0.1) is 0 Å². The SMILES string of the molecule is C[C@H](CC(=O)c1c2n(c(=O)n1-c1ccc(OC3CC3)cc1)CCN(C(=O)c1ccc(Br)c(Cl)c1)C2)c1ccc(OCC(N)=O)cc1-n1cccn1. The molecule has 7 rings (SSSR count). The average molecular weight is 774 g/mol. The molecule has 0 saturated heterocycles. The van der Waals surface area contributed by atoms with Crippen LogP contribution < -0.4 is 20.9 Å². The molecule has 1 aliphatic heterocycles. The van der Waals surface area contributed by atoms with Crippen molar-refractivity contribution < 1.29 is 23.9 Å². The number of ketones is 1. The summed E-state index contributed by atoms with van der Waals surface area (Å²) in [5, 5.41) is 4.79. The molecule has 2 aliphatic rings. The molecule has 0 spiro atoms. The summed E-state index contributed by atoms with van der Waals surface area (Å²) in [4.78, 5) is 55.4. The molecule has 262 valence electrons. The molecule has 2 amide bonds. The van der Waals surface area contributed by atoms with E-state index >= 15 is 0 Å². The molecule has 1 fully saturated rings. The number of nitrogens with zero attached hydrogens (tertiary/aromatic N) is 5. The third-order valence-electron chi connectivity index (χ3n) is 8.98. The van der Waals surface area contributed by atoms with E-state index in [-0.39, 0.29) is 67.8 Å². The maximum atomic E-state index is 14.6. The van der Waals surface area contributed by atoms with Crippen molar-refractivity contribution in [3.8, 4) is 22.9 Å². The molecule has 51 heavy (non-hydrogen) atoms. The van der Waals surface area contributed by atoms with E-state index in [9.17, 15) is 19.2 Å². The minimum Gasteiger partial charge on any atom is -0.490 e. The van der Waals surface area contributed by atoms with Crippen LogP contribution in [0.25, 0.3) is 11.4 Å². The Labute approximate surface area is 306 Å². The average Bonchev–Trinajstić information content (AvgIpc) is 3.66. The zero-order valence-corrected chi connectivity index (χ0v) is 30.0. The number of nitrogens with two attached hydrogens (primary N) is 1. The Bertz CT molecular complexity index is 2190. The van der Waals surface area contributed by atoms with Gasteiger partial charge >= 0.3 is 5.69 Å². The third-order valence-corrected chi connectivity index (χ3v) is 10.2. The molecule has 14 heteroatoms. The molecule has 5 aromatic rings. The molecule has 0 bridgehead atoms. The summed E-state index contributed by atoms with van der Waals surface area (Å²) in [5.74, 6) is -0.366. The molecular formula is C37H34BrClN6O6. The standard InChI is InChI=1S/C37H34BrClN6O6/c1-22(28-11-10-27(50-21-34(40)47)19-31(28)44-14-2-13-41-44)17-33(46)35-32-20-42(36(48)23-3-12-29(38)30(39)18-23)15-16-43(32)37(49)45(35)24-4-6-25(7-5-24)51-26-8-9-26/h2-7,10-14,18-19,22,26H,8-9,15-17,20-21H2,1H3,(H2,40,47)/t22-/m1/s1. The van der Waals surface area contributed by atoms with Gasteiger partial charge in [0.05, 0.1) is 34.7 Å². The van der Waals surface area contributed by atoms with Gasteiger partial charge in [-0.2, -0.15) is 5.10 Å². The molecule has 0 radical (unpaired) electrons. The number of imidazole rings is 1. The highest BCUT2D eigenvalue weighted by Gasteiger charge is 2.33. The van der Waals surface area contributed by atoms with Crippen molar-refractivity contribution in [1.82, 2.24) is 23.8 Å². The first kappa shape index (κ1) is 34.3. The van der Waals surface area contributed by atoms with Gasteiger partial charge in [0.25, 0.3) is 11.8 Å². The Morgan fingerprint density at radius 1 is 1.04 bits per heavy atom. The lowest BCUT2D eigenvalue weighted by Crippen LogP contribution is -2.41. The zero-order valence-electron chi connectivity index (χ0n) is 27.6. The predicted octanol–water partition coefficient (Wildman–Crippen LogP) is 5.68. The number of ether oxygens (including phenoxy) is 2. The fourth-order valence-corrected chi connectivity index (χ4v) is 6.73. The molecule has 1 atom stereocenters. The number of fused-ring (bicyclic) bond motifs is 1. The number of primary amides is 1. The van der Waals surface area contributed by atoms with Gasteiger partial charge in [0.1, 0.15) is 17.2 Å². The highest BCUT2D eigenvalue weighted by atomic mass is 79.9. The van der Waals surface area contributed by atoms with Crippen molar-refractivity contribution in [2.45, 2.75) is 51.3 Å². The van der Waals surface area contributed by atoms with Gasteiger partial charge in [-0.05, 0) is 94.9 Å². The number of benzene rings is 3. The van der Waals surface area contributed by atoms with Crippen molar-refractivity contribution in [1.29, 1.82) is 0 Å². The molecular weight excluding hydrogens is 740 g/mol. The summed E-state index contributed by atoms with van der Waals surface area (Å²) in [6.45, 7) is 2.18. The Morgan fingerprint density at radius 2 is 1.80 bits per heavy atom. The van der Waals surface area contributed by atoms with Gasteiger partial charge in [-0.3, -0.25) is 23.5 Å². The van der Waals surface area contributed by atoms with Crippen molar-refractivity contribution in [3.63, 3.8) is 0 Å². The second kappa shape index (κ2) is 14.2. The topological polar surface area (TPSA) is 144 Å².